The van der Waals surface area contributed by atoms with Gasteiger partial charge in [0.25, 0.3) is 0 Å². The summed E-state index contributed by atoms with van der Waals surface area (Å²) in [7, 11) is 5.94. The average molecular weight is 353 g/mol. The van der Waals surface area contributed by atoms with Gasteiger partial charge >= 0.3 is 0 Å². The van der Waals surface area contributed by atoms with Gasteiger partial charge in [-0.2, -0.15) is 0 Å². The molecule has 2 aromatic carbocycles. The summed E-state index contributed by atoms with van der Waals surface area (Å²) in [5.74, 6) is 0.207. The lowest BCUT2D eigenvalue weighted by molar-refractivity contribution is 0.755. The lowest BCUT2D eigenvalue weighted by Crippen LogP contribution is -2.35. The third-order valence-electron chi connectivity index (χ3n) is 4.50. The Hall–Kier alpha value is -2.53. The molecule has 0 unspecified atom stereocenters. The molecule has 4 nitrogen and oxygen atoms in total. The van der Waals surface area contributed by atoms with Crippen molar-refractivity contribution in [3.8, 4) is 0 Å². The van der Waals surface area contributed by atoms with E-state index in [1.54, 1.807) is 0 Å². The molecule has 5 heteroatoms. The van der Waals surface area contributed by atoms with Crippen molar-refractivity contribution in [1.82, 2.24) is 15.6 Å². The van der Waals surface area contributed by atoms with Crippen molar-refractivity contribution in [2.24, 2.45) is 0 Å². The van der Waals surface area contributed by atoms with Crippen molar-refractivity contribution in [3.63, 3.8) is 0 Å². The molecule has 130 valence electrons. The van der Waals surface area contributed by atoms with Crippen LogP contribution in [-0.2, 0) is 0 Å². The van der Waals surface area contributed by atoms with Crippen molar-refractivity contribution < 1.29 is 0 Å². The Morgan fingerprint density at radius 2 is 1.84 bits per heavy atom. The average Bonchev–Trinajstić information content (AvgIpc) is 3.06. The van der Waals surface area contributed by atoms with Gasteiger partial charge in [-0.05, 0) is 41.5 Å². The number of aromatic nitrogens is 1. The number of para-hydroxylation sites is 1. The molecule has 1 atom stereocenters. The summed E-state index contributed by atoms with van der Waals surface area (Å²) in [6.45, 7) is 0.739. The molecule has 3 N–H and O–H groups in total. The van der Waals surface area contributed by atoms with Gasteiger partial charge in [0.2, 0.25) is 0 Å². The van der Waals surface area contributed by atoms with Crippen LogP contribution in [0, 0.1) is 0 Å². The van der Waals surface area contributed by atoms with Gasteiger partial charge in [-0.15, -0.1) is 0 Å². The van der Waals surface area contributed by atoms with Gasteiger partial charge in [0.05, 0.1) is 0 Å². The van der Waals surface area contributed by atoms with E-state index in [-0.39, 0.29) is 5.92 Å². The first-order valence-electron chi connectivity index (χ1n) is 8.39. The van der Waals surface area contributed by atoms with Gasteiger partial charge in [-0.25, -0.2) is 0 Å². The summed E-state index contributed by atoms with van der Waals surface area (Å²) in [4.78, 5) is 5.50. The van der Waals surface area contributed by atoms with Gasteiger partial charge in [0.15, 0.2) is 5.11 Å². The van der Waals surface area contributed by atoms with E-state index in [0.717, 1.165) is 12.1 Å². The summed E-state index contributed by atoms with van der Waals surface area (Å²) in [6.07, 6.45) is 2.11. The van der Waals surface area contributed by atoms with Crippen LogP contribution in [0.2, 0.25) is 0 Å². The SMILES string of the molecule is CNC(=S)NC[C@@H](c1ccc(N(C)C)cc1)c1c[nH]c2ccccc12. The maximum Gasteiger partial charge on any atom is 0.166 e. The summed E-state index contributed by atoms with van der Waals surface area (Å²) in [5, 5.41) is 8.21. The fourth-order valence-electron chi connectivity index (χ4n) is 3.08. The first-order chi connectivity index (χ1) is 12.1. The largest absolute Gasteiger partial charge is 0.378 e. The number of benzene rings is 2. The van der Waals surface area contributed by atoms with Gasteiger partial charge in [-0.1, -0.05) is 30.3 Å². The van der Waals surface area contributed by atoms with Crippen molar-refractivity contribution >= 4 is 33.9 Å². The molecule has 0 radical (unpaired) electrons. The quantitative estimate of drug-likeness (QED) is 0.615. The Bertz CT molecular complexity index is 852. The zero-order valence-corrected chi connectivity index (χ0v) is 15.7. The predicted molar refractivity (Wildman–Crippen MR) is 111 cm³/mol. The highest BCUT2D eigenvalue weighted by atomic mass is 32.1. The number of hydrogen-bond donors (Lipinski definition) is 3. The normalized spacial score (nSPS) is 12.0. The van der Waals surface area contributed by atoms with Crippen LogP contribution in [-0.4, -0.2) is 37.8 Å². The van der Waals surface area contributed by atoms with E-state index in [1.165, 1.54) is 22.2 Å². The summed E-state index contributed by atoms with van der Waals surface area (Å²) < 4.78 is 0. The number of rotatable bonds is 5. The minimum absolute atomic E-state index is 0.207. The summed E-state index contributed by atoms with van der Waals surface area (Å²) in [5.41, 5.74) is 4.89. The van der Waals surface area contributed by atoms with E-state index >= 15 is 0 Å². The number of hydrogen-bond acceptors (Lipinski definition) is 2. The predicted octanol–water partition coefficient (Wildman–Crippen LogP) is 3.46. The van der Waals surface area contributed by atoms with Crippen molar-refractivity contribution in [2.45, 2.75) is 5.92 Å². The van der Waals surface area contributed by atoms with E-state index in [1.807, 2.05) is 7.05 Å². The maximum atomic E-state index is 5.27. The zero-order valence-electron chi connectivity index (χ0n) is 14.8. The fraction of sp³-hybridized carbons (Fsp3) is 0.250. The molecule has 1 heterocycles. The third-order valence-corrected chi connectivity index (χ3v) is 4.85. The van der Waals surface area contributed by atoms with E-state index in [9.17, 15) is 0 Å². The number of nitrogens with one attached hydrogen (secondary N) is 3. The molecule has 25 heavy (non-hydrogen) atoms. The molecule has 0 fully saturated rings. The zero-order chi connectivity index (χ0) is 17.8. The second-order valence-electron chi connectivity index (χ2n) is 6.29. The summed E-state index contributed by atoms with van der Waals surface area (Å²) >= 11 is 5.27. The molecule has 0 aliphatic rings. The molecule has 0 aliphatic heterocycles. The first kappa shape index (κ1) is 17.3. The Morgan fingerprint density at radius 1 is 1.12 bits per heavy atom. The molecule has 0 aliphatic carbocycles. The maximum absolute atomic E-state index is 5.27. The highest BCUT2D eigenvalue weighted by molar-refractivity contribution is 7.80. The Kier molecular flexibility index (Phi) is 5.24. The topological polar surface area (TPSA) is 43.1 Å². The van der Waals surface area contributed by atoms with Gasteiger partial charge in [0, 0.05) is 56.4 Å². The first-order valence-corrected chi connectivity index (χ1v) is 8.80. The van der Waals surface area contributed by atoms with Crippen LogP contribution in [0.4, 0.5) is 5.69 Å². The Balaban J connectivity index is 1.98. The number of anilines is 1. The van der Waals surface area contributed by atoms with E-state index in [0.29, 0.717) is 5.11 Å². The van der Waals surface area contributed by atoms with Crippen LogP contribution in [0.15, 0.2) is 54.7 Å². The fourth-order valence-corrected chi connectivity index (χ4v) is 3.16. The monoisotopic (exact) mass is 352 g/mol. The summed E-state index contributed by atoms with van der Waals surface area (Å²) in [6, 6.07) is 17.1. The smallest absolute Gasteiger partial charge is 0.166 e. The molecule has 0 amide bonds. The molecule has 0 saturated heterocycles. The van der Waals surface area contributed by atoms with E-state index in [4.69, 9.17) is 12.2 Å². The van der Waals surface area contributed by atoms with Gasteiger partial charge < -0.3 is 20.5 Å². The van der Waals surface area contributed by atoms with Gasteiger partial charge in [-0.3, -0.25) is 0 Å². The van der Waals surface area contributed by atoms with Crippen molar-refractivity contribution in [2.75, 3.05) is 32.6 Å². The molecular weight excluding hydrogens is 328 g/mol. The molecule has 1 aromatic heterocycles. The molecule has 0 saturated carbocycles. The highest BCUT2D eigenvalue weighted by Gasteiger charge is 2.18. The number of fused-ring (bicyclic) bond motifs is 1. The van der Waals surface area contributed by atoms with E-state index < -0.39 is 0 Å². The number of thiocarbonyl (C=S) groups is 1. The van der Waals surface area contributed by atoms with Crippen LogP contribution in [0.1, 0.15) is 17.0 Å². The van der Waals surface area contributed by atoms with Crippen LogP contribution < -0.4 is 15.5 Å². The van der Waals surface area contributed by atoms with Crippen LogP contribution >= 0.6 is 12.2 Å². The number of aromatic amines is 1. The second kappa shape index (κ2) is 7.57. The highest BCUT2D eigenvalue weighted by Crippen LogP contribution is 2.31. The van der Waals surface area contributed by atoms with Crippen LogP contribution in [0.3, 0.4) is 0 Å². The Labute approximate surface area is 154 Å². The van der Waals surface area contributed by atoms with Crippen LogP contribution in [0.5, 0.6) is 0 Å². The Morgan fingerprint density at radius 3 is 2.52 bits per heavy atom. The number of H-pyrrole nitrogens is 1. The minimum atomic E-state index is 0.207. The second-order valence-corrected chi connectivity index (χ2v) is 6.70. The molecule has 3 rings (SSSR count). The lowest BCUT2D eigenvalue weighted by Gasteiger charge is -2.20. The molecule has 0 bridgehead atoms. The van der Waals surface area contributed by atoms with Gasteiger partial charge in [0.1, 0.15) is 0 Å². The van der Waals surface area contributed by atoms with Crippen molar-refractivity contribution in [3.05, 3.63) is 65.9 Å². The third kappa shape index (κ3) is 3.77. The van der Waals surface area contributed by atoms with Crippen molar-refractivity contribution in [1.29, 1.82) is 0 Å². The number of nitrogens with zero attached hydrogens (tertiary/aromatic N) is 1. The molecule has 3 aromatic rings. The minimum Gasteiger partial charge on any atom is -0.378 e. The lowest BCUT2D eigenvalue weighted by atomic mass is 9.90. The molecule has 0 spiro atoms. The van der Waals surface area contributed by atoms with Crippen LogP contribution in [0.25, 0.3) is 10.9 Å². The van der Waals surface area contributed by atoms with E-state index in [2.05, 4.69) is 89.3 Å². The molecular formula is C20H24N4S. The standard InChI is InChI=1S/C20H24N4S/c1-21-20(25)23-12-17(14-8-10-15(11-9-14)24(2)3)18-13-22-19-7-5-4-6-16(18)19/h4-11,13,17,22H,12H2,1-3H3,(H2,21,23,25)/t17-/m0/s1.